The van der Waals surface area contributed by atoms with Crippen LogP contribution in [0.2, 0.25) is 5.02 Å². The van der Waals surface area contributed by atoms with Crippen LogP contribution in [0.4, 0.5) is 21.7 Å². The molecule has 0 unspecified atom stereocenters. The smallest absolute Gasteiger partial charge is 0.191 e. The minimum Gasteiger partial charge on any atom is -0.383 e. The highest BCUT2D eigenvalue weighted by molar-refractivity contribution is 7.98. The van der Waals surface area contributed by atoms with Crippen LogP contribution in [0.5, 0.6) is 0 Å². The molecule has 0 bridgehead atoms. The Morgan fingerprint density at radius 2 is 2.11 bits per heavy atom. The number of benzene rings is 1. The lowest BCUT2D eigenvalue weighted by atomic mass is 10.3. The van der Waals surface area contributed by atoms with Gasteiger partial charge in [0.1, 0.15) is 17.5 Å². The first-order chi connectivity index (χ1) is 8.58. The molecule has 7 heteroatoms. The predicted octanol–water partition coefficient (Wildman–Crippen LogP) is 3.32. The fourth-order valence-electron chi connectivity index (χ4n) is 1.33. The minimum atomic E-state index is -0.381. The largest absolute Gasteiger partial charge is 0.383 e. The van der Waals surface area contributed by atoms with E-state index < -0.39 is 0 Å². The van der Waals surface area contributed by atoms with Gasteiger partial charge in [-0.05, 0) is 24.5 Å². The van der Waals surface area contributed by atoms with Crippen molar-refractivity contribution in [2.24, 2.45) is 0 Å². The van der Waals surface area contributed by atoms with Crippen molar-refractivity contribution in [3.63, 3.8) is 0 Å². The Labute approximate surface area is 113 Å². The van der Waals surface area contributed by atoms with E-state index in [0.29, 0.717) is 27.5 Å². The van der Waals surface area contributed by atoms with Crippen LogP contribution < -0.4 is 11.1 Å². The number of nitrogens with two attached hydrogens (primary N) is 1. The van der Waals surface area contributed by atoms with E-state index in [9.17, 15) is 4.39 Å². The fourth-order valence-corrected chi connectivity index (χ4v) is 1.88. The summed E-state index contributed by atoms with van der Waals surface area (Å²) < 4.78 is 13.1. The third-order valence-electron chi connectivity index (χ3n) is 2.10. The molecule has 0 saturated heterocycles. The van der Waals surface area contributed by atoms with E-state index >= 15 is 0 Å². The maximum atomic E-state index is 13.1. The van der Waals surface area contributed by atoms with Crippen molar-refractivity contribution in [1.82, 2.24) is 9.97 Å². The molecule has 0 aliphatic carbocycles. The van der Waals surface area contributed by atoms with Gasteiger partial charge in [0.05, 0.1) is 10.7 Å². The monoisotopic (exact) mass is 284 g/mol. The second-order valence-electron chi connectivity index (χ2n) is 3.41. The number of anilines is 3. The van der Waals surface area contributed by atoms with Gasteiger partial charge in [-0.2, -0.15) is 0 Å². The van der Waals surface area contributed by atoms with Crippen molar-refractivity contribution in [2.45, 2.75) is 5.16 Å². The van der Waals surface area contributed by atoms with Crippen LogP contribution in [0.3, 0.4) is 0 Å². The van der Waals surface area contributed by atoms with Gasteiger partial charge in [0.2, 0.25) is 0 Å². The van der Waals surface area contributed by atoms with E-state index in [4.69, 9.17) is 17.3 Å². The van der Waals surface area contributed by atoms with Gasteiger partial charge in [-0.3, -0.25) is 0 Å². The number of hydrogen-bond donors (Lipinski definition) is 2. The van der Waals surface area contributed by atoms with Gasteiger partial charge in [0, 0.05) is 6.07 Å². The van der Waals surface area contributed by atoms with Crippen molar-refractivity contribution in [2.75, 3.05) is 17.3 Å². The number of nitrogens with one attached hydrogen (secondary N) is 1. The lowest BCUT2D eigenvalue weighted by Gasteiger charge is -2.09. The van der Waals surface area contributed by atoms with Gasteiger partial charge in [0.15, 0.2) is 5.16 Å². The Bertz CT molecular complexity index is 579. The Balaban J connectivity index is 2.33. The lowest BCUT2D eigenvalue weighted by molar-refractivity contribution is 0.628. The SMILES string of the molecule is CSc1nc(N)cc(Nc2cc(F)ccc2Cl)n1. The highest BCUT2D eigenvalue weighted by Gasteiger charge is 2.06. The summed E-state index contributed by atoms with van der Waals surface area (Å²) in [5.74, 6) is 0.428. The first-order valence-corrected chi connectivity index (χ1v) is 6.59. The van der Waals surface area contributed by atoms with Crippen LogP contribution in [-0.4, -0.2) is 16.2 Å². The molecule has 2 aromatic rings. The minimum absolute atomic E-state index is 0.337. The van der Waals surface area contributed by atoms with Crippen LogP contribution in [0, 0.1) is 5.82 Å². The number of nitrogens with zero attached hydrogens (tertiary/aromatic N) is 2. The second-order valence-corrected chi connectivity index (χ2v) is 4.59. The maximum absolute atomic E-state index is 13.1. The van der Waals surface area contributed by atoms with Crippen LogP contribution in [0.15, 0.2) is 29.4 Å². The van der Waals surface area contributed by atoms with Gasteiger partial charge in [-0.1, -0.05) is 23.4 Å². The summed E-state index contributed by atoms with van der Waals surface area (Å²) in [5, 5.41) is 3.85. The van der Waals surface area contributed by atoms with Gasteiger partial charge in [-0.15, -0.1) is 0 Å². The van der Waals surface area contributed by atoms with Crippen molar-refractivity contribution in [1.29, 1.82) is 0 Å². The molecule has 94 valence electrons. The first-order valence-electron chi connectivity index (χ1n) is 4.99. The van der Waals surface area contributed by atoms with E-state index in [1.807, 2.05) is 6.26 Å². The summed E-state index contributed by atoms with van der Waals surface area (Å²) in [6, 6.07) is 5.61. The van der Waals surface area contributed by atoms with Crippen molar-refractivity contribution < 1.29 is 4.39 Å². The molecular formula is C11H10ClFN4S. The van der Waals surface area contributed by atoms with Gasteiger partial charge < -0.3 is 11.1 Å². The summed E-state index contributed by atoms with van der Waals surface area (Å²) in [4.78, 5) is 8.21. The Morgan fingerprint density at radius 3 is 2.83 bits per heavy atom. The topological polar surface area (TPSA) is 63.8 Å². The molecule has 2 rings (SSSR count). The zero-order chi connectivity index (χ0) is 13.1. The van der Waals surface area contributed by atoms with Gasteiger partial charge in [-0.25, -0.2) is 14.4 Å². The number of nitrogen functional groups attached to an aromatic ring is 1. The number of aromatic nitrogens is 2. The first kappa shape index (κ1) is 12.9. The predicted molar refractivity (Wildman–Crippen MR) is 72.9 cm³/mol. The van der Waals surface area contributed by atoms with E-state index in [2.05, 4.69) is 15.3 Å². The number of halogens is 2. The molecule has 0 saturated carbocycles. The average molecular weight is 285 g/mol. The molecule has 18 heavy (non-hydrogen) atoms. The number of thioether (sulfide) groups is 1. The molecule has 4 nitrogen and oxygen atoms in total. The van der Waals surface area contributed by atoms with Crippen molar-refractivity contribution in [3.8, 4) is 0 Å². The zero-order valence-electron chi connectivity index (χ0n) is 9.45. The highest BCUT2D eigenvalue weighted by atomic mass is 35.5. The summed E-state index contributed by atoms with van der Waals surface area (Å²) in [6.07, 6.45) is 1.84. The summed E-state index contributed by atoms with van der Waals surface area (Å²) >= 11 is 7.32. The quantitative estimate of drug-likeness (QED) is 0.669. The average Bonchev–Trinajstić information content (AvgIpc) is 2.33. The third kappa shape index (κ3) is 3.02. The molecule has 1 heterocycles. The van der Waals surface area contributed by atoms with E-state index in [1.54, 1.807) is 6.07 Å². The Morgan fingerprint density at radius 1 is 1.33 bits per heavy atom. The lowest BCUT2D eigenvalue weighted by Crippen LogP contribution is -2.00. The van der Waals surface area contributed by atoms with Crippen LogP contribution in [-0.2, 0) is 0 Å². The molecule has 0 aliphatic rings. The van der Waals surface area contributed by atoms with Gasteiger partial charge >= 0.3 is 0 Å². The van der Waals surface area contributed by atoms with Crippen LogP contribution in [0.1, 0.15) is 0 Å². The van der Waals surface area contributed by atoms with Crippen LogP contribution >= 0.6 is 23.4 Å². The molecule has 1 aromatic heterocycles. The summed E-state index contributed by atoms with van der Waals surface area (Å²) in [5.41, 5.74) is 6.08. The molecule has 0 amide bonds. The van der Waals surface area contributed by atoms with E-state index in [1.165, 1.54) is 30.0 Å². The molecule has 0 fully saturated rings. The third-order valence-corrected chi connectivity index (χ3v) is 2.98. The van der Waals surface area contributed by atoms with Crippen molar-refractivity contribution in [3.05, 3.63) is 35.1 Å². The van der Waals surface area contributed by atoms with Crippen LogP contribution in [0.25, 0.3) is 0 Å². The second kappa shape index (κ2) is 5.41. The normalized spacial score (nSPS) is 10.4. The fraction of sp³-hybridized carbons (Fsp3) is 0.0909. The number of rotatable bonds is 3. The molecular weight excluding hydrogens is 275 g/mol. The van der Waals surface area contributed by atoms with Crippen molar-refractivity contribution >= 4 is 40.7 Å². The highest BCUT2D eigenvalue weighted by Crippen LogP contribution is 2.26. The standard InChI is InChI=1S/C11H10ClFN4S/c1-18-11-16-9(14)5-10(17-11)15-8-4-6(13)2-3-7(8)12/h2-5H,1H3,(H3,14,15,16,17). The maximum Gasteiger partial charge on any atom is 0.191 e. The molecule has 0 atom stereocenters. The molecule has 1 aromatic carbocycles. The molecule has 0 spiro atoms. The molecule has 3 N–H and O–H groups in total. The van der Waals surface area contributed by atoms with Gasteiger partial charge in [0.25, 0.3) is 0 Å². The number of hydrogen-bond acceptors (Lipinski definition) is 5. The summed E-state index contributed by atoms with van der Waals surface area (Å²) in [6.45, 7) is 0. The molecule has 0 aliphatic heterocycles. The Kier molecular flexibility index (Phi) is 3.88. The van der Waals surface area contributed by atoms with E-state index in [0.717, 1.165) is 0 Å². The molecule has 0 radical (unpaired) electrons. The summed E-state index contributed by atoms with van der Waals surface area (Å²) in [7, 11) is 0. The Hall–Kier alpha value is -1.53. The van der Waals surface area contributed by atoms with E-state index in [-0.39, 0.29) is 5.82 Å². The zero-order valence-corrected chi connectivity index (χ0v) is 11.0.